The van der Waals surface area contributed by atoms with E-state index in [0.29, 0.717) is 38.5 Å². The quantitative estimate of drug-likeness (QED) is 0.774. The summed E-state index contributed by atoms with van der Waals surface area (Å²) in [5.41, 5.74) is 8.47. The fourth-order valence-electron chi connectivity index (χ4n) is 4.16. The second kappa shape index (κ2) is 9.82. The smallest absolute Gasteiger partial charge is 0.409 e. The molecule has 0 aliphatic carbocycles. The summed E-state index contributed by atoms with van der Waals surface area (Å²) in [7, 11) is 0. The van der Waals surface area contributed by atoms with Gasteiger partial charge in [0.25, 0.3) is 0 Å². The highest BCUT2D eigenvalue weighted by molar-refractivity contribution is 5.76. The number of anilines is 3. The maximum absolute atomic E-state index is 11.9. The van der Waals surface area contributed by atoms with Crippen LogP contribution in [0.15, 0.2) is 36.7 Å². The minimum Gasteiger partial charge on any atom is -0.450 e. The fourth-order valence-corrected chi connectivity index (χ4v) is 4.16. The Morgan fingerprint density at radius 1 is 0.935 bits per heavy atom. The third-order valence-corrected chi connectivity index (χ3v) is 5.87. The van der Waals surface area contributed by atoms with Crippen LogP contribution >= 0.6 is 0 Å². The number of hydrogen-bond acceptors (Lipinski definition) is 8. The number of benzene rings is 1. The number of hydrogen-bond donors (Lipinski definition) is 1. The number of ether oxygens (including phenoxy) is 1. The van der Waals surface area contributed by atoms with E-state index in [0.717, 1.165) is 44.4 Å². The van der Waals surface area contributed by atoms with Crippen molar-refractivity contribution in [3.8, 4) is 0 Å². The van der Waals surface area contributed by atoms with E-state index in [1.165, 1.54) is 5.56 Å². The van der Waals surface area contributed by atoms with Crippen LogP contribution in [0.2, 0.25) is 0 Å². The van der Waals surface area contributed by atoms with E-state index in [1.807, 2.05) is 13.0 Å². The lowest BCUT2D eigenvalue weighted by Crippen LogP contribution is -2.49. The third-order valence-electron chi connectivity index (χ3n) is 5.87. The molecule has 0 atom stereocenters. The molecule has 0 bridgehead atoms. The molecule has 1 aromatic carbocycles. The molecular formula is C22H31N7O2. The van der Waals surface area contributed by atoms with E-state index in [1.54, 1.807) is 11.2 Å². The maximum Gasteiger partial charge on any atom is 0.409 e. The van der Waals surface area contributed by atoms with Crippen LogP contribution in [0.25, 0.3) is 0 Å². The molecule has 2 fully saturated rings. The Labute approximate surface area is 183 Å². The molecule has 2 saturated heterocycles. The SMILES string of the molecule is CCOC(=O)N1CCN(c2ncnc(N3CCN(Cc4ccccc4)CC3)c2N)CC1. The zero-order valence-corrected chi connectivity index (χ0v) is 18.1. The largest absolute Gasteiger partial charge is 0.450 e. The Balaban J connectivity index is 1.36. The maximum atomic E-state index is 11.9. The van der Waals surface area contributed by atoms with Crippen LogP contribution < -0.4 is 15.5 Å². The lowest BCUT2D eigenvalue weighted by molar-refractivity contribution is 0.105. The van der Waals surface area contributed by atoms with Crippen molar-refractivity contribution < 1.29 is 9.53 Å². The van der Waals surface area contributed by atoms with Gasteiger partial charge in [0.2, 0.25) is 0 Å². The molecule has 1 amide bonds. The first-order chi connectivity index (χ1) is 15.2. The molecule has 9 heteroatoms. The minimum absolute atomic E-state index is 0.258. The summed E-state index contributed by atoms with van der Waals surface area (Å²) < 4.78 is 5.10. The molecule has 2 aromatic rings. The number of carbonyl (C=O) groups excluding carboxylic acids is 1. The van der Waals surface area contributed by atoms with E-state index in [2.05, 4.69) is 48.9 Å². The molecular weight excluding hydrogens is 394 g/mol. The summed E-state index contributed by atoms with van der Waals surface area (Å²) in [6.45, 7) is 9.38. The molecule has 2 aliphatic heterocycles. The van der Waals surface area contributed by atoms with Gasteiger partial charge in [-0.3, -0.25) is 4.90 Å². The van der Waals surface area contributed by atoms with Crippen LogP contribution in [0.4, 0.5) is 22.1 Å². The van der Waals surface area contributed by atoms with E-state index >= 15 is 0 Å². The Kier molecular flexibility index (Phi) is 6.71. The molecule has 0 saturated carbocycles. The highest BCUT2D eigenvalue weighted by atomic mass is 16.6. The monoisotopic (exact) mass is 425 g/mol. The van der Waals surface area contributed by atoms with Gasteiger partial charge in [0.15, 0.2) is 11.6 Å². The zero-order valence-electron chi connectivity index (χ0n) is 18.1. The first-order valence-corrected chi connectivity index (χ1v) is 10.9. The van der Waals surface area contributed by atoms with Gasteiger partial charge < -0.3 is 25.2 Å². The van der Waals surface area contributed by atoms with E-state index in [-0.39, 0.29) is 6.09 Å². The van der Waals surface area contributed by atoms with E-state index < -0.39 is 0 Å². The number of nitrogens with two attached hydrogens (primary N) is 1. The Hall–Kier alpha value is -3.07. The predicted octanol–water partition coefficient (Wildman–Crippen LogP) is 1.66. The summed E-state index contributed by atoms with van der Waals surface area (Å²) in [4.78, 5) is 29.4. The molecule has 9 nitrogen and oxygen atoms in total. The standard InChI is InChI=1S/C22H31N7O2/c1-2-31-22(30)29-14-12-28(13-15-29)21-19(23)20(24-17-25-21)27-10-8-26(9-11-27)16-18-6-4-3-5-7-18/h3-7,17H,2,8-16,23H2,1H3. The van der Waals surface area contributed by atoms with Crippen LogP contribution in [0.1, 0.15) is 12.5 Å². The molecule has 4 rings (SSSR count). The van der Waals surface area contributed by atoms with Crippen molar-refractivity contribution >= 4 is 23.4 Å². The summed E-state index contributed by atoms with van der Waals surface area (Å²) in [6.07, 6.45) is 1.33. The molecule has 31 heavy (non-hydrogen) atoms. The predicted molar refractivity (Wildman–Crippen MR) is 121 cm³/mol. The number of aromatic nitrogens is 2. The molecule has 2 N–H and O–H groups in total. The third kappa shape index (κ3) is 4.99. The van der Waals surface area contributed by atoms with Crippen molar-refractivity contribution in [2.45, 2.75) is 13.5 Å². The highest BCUT2D eigenvalue weighted by Crippen LogP contribution is 2.30. The summed E-state index contributed by atoms with van der Waals surface area (Å²) in [5.74, 6) is 1.55. The number of rotatable bonds is 5. The van der Waals surface area contributed by atoms with Crippen molar-refractivity contribution in [1.82, 2.24) is 19.8 Å². The van der Waals surface area contributed by atoms with Gasteiger partial charge in [0.1, 0.15) is 12.0 Å². The van der Waals surface area contributed by atoms with Gasteiger partial charge in [-0.25, -0.2) is 14.8 Å². The van der Waals surface area contributed by atoms with Crippen LogP contribution in [-0.2, 0) is 11.3 Å². The Bertz CT molecular complexity index is 863. The fraction of sp³-hybridized carbons (Fsp3) is 0.500. The lowest BCUT2D eigenvalue weighted by Gasteiger charge is -2.37. The number of nitrogens with zero attached hydrogens (tertiary/aromatic N) is 6. The van der Waals surface area contributed by atoms with Gasteiger partial charge >= 0.3 is 6.09 Å². The van der Waals surface area contributed by atoms with Crippen LogP contribution in [0, 0.1) is 0 Å². The van der Waals surface area contributed by atoms with E-state index in [9.17, 15) is 4.79 Å². The van der Waals surface area contributed by atoms with Crippen LogP contribution in [-0.4, -0.2) is 84.8 Å². The van der Waals surface area contributed by atoms with Crippen LogP contribution in [0.5, 0.6) is 0 Å². The average Bonchev–Trinajstić information content (AvgIpc) is 2.81. The summed E-state index contributed by atoms with van der Waals surface area (Å²) in [6, 6.07) is 10.6. The first kappa shape index (κ1) is 21.2. The number of piperazine rings is 2. The van der Waals surface area contributed by atoms with E-state index in [4.69, 9.17) is 10.5 Å². The van der Waals surface area contributed by atoms with Gasteiger partial charge in [-0.2, -0.15) is 0 Å². The number of nitrogen functional groups attached to an aromatic ring is 1. The topological polar surface area (TPSA) is 91.1 Å². The summed E-state index contributed by atoms with van der Waals surface area (Å²) >= 11 is 0. The lowest BCUT2D eigenvalue weighted by atomic mass is 10.2. The highest BCUT2D eigenvalue weighted by Gasteiger charge is 2.26. The second-order valence-corrected chi connectivity index (χ2v) is 7.86. The second-order valence-electron chi connectivity index (χ2n) is 7.86. The van der Waals surface area contributed by atoms with Crippen molar-refractivity contribution in [3.63, 3.8) is 0 Å². The first-order valence-electron chi connectivity index (χ1n) is 10.9. The number of carbonyl (C=O) groups is 1. The van der Waals surface area contributed by atoms with Crippen molar-refractivity contribution in [2.75, 3.05) is 74.5 Å². The molecule has 2 aliphatic rings. The van der Waals surface area contributed by atoms with Gasteiger partial charge in [0.05, 0.1) is 6.61 Å². The molecule has 0 radical (unpaired) electrons. The summed E-state index contributed by atoms with van der Waals surface area (Å²) in [5, 5.41) is 0. The molecule has 0 unspecified atom stereocenters. The molecule has 1 aromatic heterocycles. The Morgan fingerprint density at radius 2 is 1.52 bits per heavy atom. The molecule has 3 heterocycles. The van der Waals surface area contributed by atoms with Gasteiger partial charge in [0, 0.05) is 58.9 Å². The normalized spacial score (nSPS) is 17.6. The van der Waals surface area contributed by atoms with Crippen molar-refractivity contribution in [2.24, 2.45) is 0 Å². The van der Waals surface area contributed by atoms with Gasteiger partial charge in [-0.1, -0.05) is 30.3 Å². The van der Waals surface area contributed by atoms with Crippen LogP contribution in [0.3, 0.4) is 0 Å². The van der Waals surface area contributed by atoms with Crippen molar-refractivity contribution in [3.05, 3.63) is 42.2 Å². The zero-order chi connectivity index (χ0) is 21.6. The minimum atomic E-state index is -0.258. The average molecular weight is 426 g/mol. The van der Waals surface area contributed by atoms with Crippen molar-refractivity contribution in [1.29, 1.82) is 0 Å². The van der Waals surface area contributed by atoms with Gasteiger partial charge in [-0.15, -0.1) is 0 Å². The number of amides is 1. The van der Waals surface area contributed by atoms with Gasteiger partial charge in [-0.05, 0) is 12.5 Å². The Morgan fingerprint density at radius 3 is 2.10 bits per heavy atom. The molecule has 0 spiro atoms. The molecule has 166 valence electrons.